The van der Waals surface area contributed by atoms with E-state index in [2.05, 4.69) is 56.6 Å². The molecule has 7 rings (SSSR count). The Labute approximate surface area is 318 Å². The van der Waals surface area contributed by atoms with Crippen LogP contribution in [0.3, 0.4) is 0 Å². The van der Waals surface area contributed by atoms with Gasteiger partial charge in [-0.3, -0.25) is 4.79 Å². The lowest BCUT2D eigenvalue weighted by Crippen LogP contribution is -2.51. The van der Waals surface area contributed by atoms with E-state index in [1.54, 1.807) is 37.3 Å². The highest BCUT2D eigenvalue weighted by atomic mass is 79.9. The lowest BCUT2D eigenvalue weighted by molar-refractivity contribution is -0.153. The quantitative estimate of drug-likeness (QED) is 0.143. The molecule has 4 aliphatic rings. The number of fused-ring (bicyclic) bond motifs is 6. The molecule has 1 heterocycles. The van der Waals surface area contributed by atoms with E-state index in [0.29, 0.717) is 33.6 Å². The van der Waals surface area contributed by atoms with Crippen molar-refractivity contribution in [3.8, 4) is 17.2 Å². The van der Waals surface area contributed by atoms with E-state index in [0.717, 1.165) is 59.2 Å². The molecule has 3 saturated carbocycles. The molecular weight excluding hydrogens is 716 g/mol. The van der Waals surface area contributed by atoms with Crippen LogP contribution in [0.15, 0.2) is 67.8 Å². The second-order valence-corrected chi connectivity index (χ2v) is 18.4. The van der Waals surface area contributed by atoms with E-state index in [1.807, 2.05) is 12.1 Å². The molecule has 7 heteroatoms. The van der Waals surface area contributed by atoms with Gasteiger partial charge < -0.3 is 18.6 Å². The van der Waals surface area contributed by atoms with Crippen LogP contribution in [-0.4, -0.2) is 18.7 Å². The number of esters is 1. The number of hydrogen-bond acceptors (Lipinski definition) is 6. The maximum absolute atomic E-state index is 13.3. The van der Waals surface area contributed by atoms with Gasteiger partial charge in [0, 0.05) is 17.0 Å². The summed E-state index contributed by atoms with van der Waals surface area (Å²) in [5, 5.41) is 0.378. The van der Waals surface area contributed by atoms with Crippen molar-refractivity contribution < 1.29 is 23.4 Å². The molecule has 0 saturated heterocycles. The molecule has 0 bridgehead atoms. The highest BCUT2D eigenvalue weighted by Gasteiger charge is 2.59. The van der Waals surface area contributed by atoms with Gasteiger partial charge in [-0.25, -0.2) is 4.79 Å². The van der Waals surface area contributed by atoms with Crippen molar-refractivity contribution >= 4 is 32.9 Å². The molecule has 52 heavy (non-hydrogen) atoms. The number of carbonyl (C=O) groups excluding carboxylic acids is 1. The van der Waals surface area contributed by atoms with E-state index in [1.165, 1.54) is 56.9 Å². The first-order chi connectivity index (χ1) is 24.9. The summed E-state index contributed by atoms with van der Waals surface area (Å²) >= 11 is 3.41. The second kappa shape index (κ2) is 15.0. The summed E-state index contributed by atoms with van der Waals surface area (Å²) in [5.74, 6) is 5.98. The second-order valence-electron chi connectivity index (χ2n) is 17.5. The van der Waals surface area contributed by atoms with Crippen LogP contribution in [0.4, 0.5) is 0 Å². The van der Waals surface area contributed by atoms with Gasteiger partial charge in [0.2, 0.25) is 11.2 Å². The van der Waals surface area contributed by atoms with Gasteiger partial charge in [0.15, 0.2) is 6.61 Å². The molecule has 0 radical (unpaired) electrons. The fourth-order valence-corrected chi connectivity index (χ4v) is 11.5. The van der Waals surface area contributed by atoms with Crippen molar-refractivity contribution in [3.63, 3.8) is 0 Å². The Morgan fingerprint density at radius 1 is 0.962 bits per heavy atom. The number of benzene rings is 2. The molecule has 280 valence electrons. The predicted octanol–water partition coefficient (Wildman–Crippen LogP) is 12.0. The Bertz CT molecular complexity index is 1860. The minimum atomic E-state index is -0.369. The SMILES string of the molecule is Cc1oc2cc(OCC(=O)O[C@H]3CC[C@@]4(C)C(=CC[C@@H]5[C@H]6CC[C@@H]([C@@H](C)CCCC(C)C)[C@@]6(C)CC[C@H]54)C3)ccc2c(=O)c1Oc1ccc(Br)cc1. The van der Waals surface area contributed by atoms with Gasteiger partial charge in [-0.05, 0) is 135 Å². The lowest BCUT2D eigenvalue weighted by Gasteiger charge is -2.58. The molecular formula is C45H57BrO6. The van der Waals surface area contributed by atoms with Gasteiger partial charge in [0.05, 0.1) is 5.39 Å². The van der Waals surface area contributed by atoms with Gasteiger partial charge in [-0.15, -0.1) is 0 Å². The zero-order valence-electron chi connectivity index (χ0n) is 32.0. The molecule has 0 amide bonds. The third kappa shape index (κ3) is 7.24. The number of allylic oxidation sites excluding steroid dienone is 1. The molecule has 1 aromatic heterocycles. The minimum Gasteiger partial charge on any atom is -0.482 e. The number of aryl methyl sites for hydroxylation is 1. The Kier molecular flexibility index (Phi) is 10.7. The summed E-state index contributed by atoms with van der Waals surface area (Å²) < 4.78 is 24.6. The molecule has 0 spiro atoms. The number of carbonyl (C=O) groups is 1. The monoisotopic (exact) mass is 772 g/mol. The van der Waals surface area contributed by atoms with E-state index >= 15 is 0 Å². The van der Waals surface area contributed by atoms with E-state index in [9.17, 15) is 9.59 Å². The smallest absolute Gasteiger partial charge is 0.344 e. The molecule has 8 atom stereocenters. The van der Waals surface area contributed by atoms with Crippen molar-refractivity contribution in [1.82, 2.24) is 0 Å². The number of rotatable bonds is 11. The first-order valence-corrected chi connectivity index (χ1v) is 20.7. The van der Waals surface area contributed by atoms with E-state index < -0.39 is 0 Å². The molecule has 0 unspecified atom stereocenters. The summed E-state index contributed by atoms with van der Waals surface area (Å²) in [7, 11) is 0. The Balaban J connectivity index is 0.944. The van der Waals surface area contributed by atoms with Gasteiger partial charge in [0.25, 0.3) is 0 Å². The number of halogens is 1. The molecule has 3 fully saturated rings. The van der Waals surface area contributed by atoms with Crippen molar-refractivity contribution in [2.75, 3.05) is 6.61 Å². The molecule has 0 aliphatic heterocycles. The predicted molar refractivity (Wildman–Crippen MR) is 210 cm³/mol. The summed E-state index contributed by atoms with van der Waals surface area (Å²) in [4.78, 5) is 26.3. The van der Waals surface area contributed by atoms with Crippen molar-refractivity contribution in [1.29, 1.82) is 0 Å². The standard InChI is InChI=1S/C45H57BrO6/c1-27(2)8-7-9-28(3)37-18-19-38-35-16-10-30-24-34(20-22-44(30,5)39(35)21-23-45(37,38)6)51-41(47)26-49-33-15-17-36-40(25-33)50-29(4)43(42(36)48)52-32-13-11-31(46)12-14-32/h10-15,17,25,27-28,34-35,37-39H,7-9,16,18-24,26H2,1-6H3/t28-,34-,35+,37-,38+,39+,44-,45+/m0/s1. The molecule has 0 N–H and O–H groups in total. The molecule has 6 nitrogen and oxygen atoms in total. The topological polar surface area (TPSA) is 75.0 Å². The van der Waals surface area contributed by atoms with Gasteiger partial charge in [-0.2, -0.15) is 0 Å². The Hall–Kier alpha value is -3.06. The van der Waals surface area contributed by atoms with Crippen molar-refractivity contribution in [2.45, 2.75) is 118 Å². The fraction of sp³-hybridized carbons (Fsp3) is 0.600. The van der Waals surface area contributed by atoms with Crippen LogP contribution in [0.2, 0.25) is 0 Å². The van der Waals surface area contributed by atoms with Crippen LogP contribution in [-0.2, 0) is 9.53 Å². The fourth-order valence-electron chi connectivity index (χ4n) is 11.2. The highest BCUT2D eigenvalue weighted by molar-refractivity contribution is 9.10. The number of ether oxygens (including phenoxy) is 3. The maximum atomic E-state index is 13.3. The maximum Gasteiger partial charge on any atom is 0.344 e. The average Bonchev–Trinajstić information content (AvgIpc) is 3.47. The van der Waals surface area contributed by atoms with Crippen molar-refractivity contribution in [3.05, 3.63) is 74.6 Å². The van der Waals surface area contributed by atoms with Gasteiger partial charge >= 0.3 is 5.97 Å². The highest BCUT2D eigenvalue weighted by Crippen LogP contribution is 2.67. The summed E-state index contributed by atoms with van der Waals surface area (Å²) in [6, 6.07) is 12.2. The van der Waals surface area contributed by atoms with Crippen molar-refractivity contribution in [2.24, 2.45) is 46.3 Å². The third-order valence-electron chi connectivity index (χ3n) is 13.9. The van der Waals surface area contributed by atoms with Crippen LogP contribution in [0, 0.1) is 53.3 Å². The van der Waals surface area contributed by atoms with Gasteiger partial charge in [-0.1, -0.05) is 81.5 Å². The van der Waals surface area contributed by atoms with Crippen LogP contribution in [0.1, 0.15) is 111 Å². The Morgan fingerprint density at radius 2 is 1.73 bits per heavy atom. The Morgan fingerprint density at radius 3 is 2.50 bits per heavy atom. The zero-order valence-corrected chi connectivity index (χ0v) is 33.6. The average molecular weight is 774 g/mol. The van der Waals surface area contributed by atoms with Crippen LogP contribution in [0.5, 0.6) is 17.2 Å². The van der Waals surface area contributed by atoms with Gasteiger partial charge in [0.1, 0.15) is 28.9 Å². The van der Waals surface area contributed by atoms with Crippen LogP contribution < -0.4 is 14.9 Å². The minimum absolute atomic E-state index is 0.121. The first kappa shape index (κ1) is 37.3. The summed E-state index contributed by atoms with van der Waals surface area (Å²) in [6.07, 6.45) is 16.1. The normalized spacial score (nSPS) is 30.2. The van der Waals surface area contributed by atoms with E-state index in [4.69, 9.17) is 18.6 Å². The lowest BCUT2D eigenvalue weighted by atomic mass is 9.47. The van der Waals surface area contributed by atoms with Crippen LogP contribution in [0.25, 0.3) is 11.0 Å². The third-order valence-corrected chi connectivity index (χ3v) is 14.5. The molecule has 2 aromatic carbocycles. The molecule has 4 aliphatic carbocycles. The summed E-state index contributed by atoms with van der Waals surface area (Å²) in [6.45, 7) is 13.9. The zero-order chi connectivity index (χ0) is 36.8. The molecule has 3 aromatic rings. The van der Waals surface area contributed by atoms with Crippen LogP contribution >= 0.6 is 15.9 Å². The number of hydrogen-bond donors (Lipinski definition) is 0. The largest absolute Gasteiger partial charge is 0.482 e. The summed E-state index contributed by atoms with van der Waals surface area (Å²) in [5.41, 5.74) is 2.32. The van der Waals surface area contributed by atoms with E-state index in [-0.39, 0.29) is 35.3 Å². The first-order valence-electron chi connectivity index (χ1n) is 19.9.